The van der Waals surface area contributed by atoms with Gasteiger partial charge in [-0.3, -0.25) is 4.79 Å². The minimum atomic E-state index is -0.147. The molecule has 2 rings (SSSR count). The first-order valence-corrected chi connectivity index (χ1v) is 8.66. The summed E-state index contributed by atoms with van der Waals surface area (Å²) in [5, 5.41) is 3.13. The number of nitrogens with zero attached hydrogens (tertiary/aromatic N) is 3. The van der Waals surface area contributed by atoms with Crippen LogP contribution < -0.4 is 10.1 Å². The average Bonchev–Trinajstić information content (AvgIpc) is 2.70. The number of nitrogens with one attached hydrogen (secondary N) is 1. The van der Waals surface area contributed by atoms with Gasteiger partial charge in [0.15, 0.2) is 0 Å². The van der Waals surface area contributed by atoms with Crippen LogP contribution in [0.5, 0.6) is 5.88 Å². The monoisotopic (exact) mass is 384 g/mol. The zero-order valence-corrected chi connectivity index (χ0v) is 15.8. The second kappa shape index (κ2) is 8.08. The molecule has 0 aliphatic carbocycles. The van der Waals surface area contributed by atoms with E-state index < -0.39 is 0 Å². The molecule has 1 aliphatic rings. The third-order valence-corrected chi connectivity index (χ3v) is 4.95. The van der Waals surface area contributed by atoms with Crippen LogP contribution in [0.25, 0.3) is 0 Å². The Hall–Kier alpha value is -1.18. The third-order valence-electron chi connectivity index (χ3n) is 4.15. The molecule has 1 aromatic rings. The molecule has 0 unspecified atom stereocenters. The van der Waals surface area contributed by atoms with Gasteiger partial charge in [-0.2, -0.15) is 0 Å². The van der Waals surface area contributed by atoms with Gasteiger partial charge in [-0.25, -0.2) is 4.98 Å². The van der Waals surface area contributed by atoms with E-state index in [1.54, 1.807) is 6.07 Å². The van der Waals surface area contributed by atoms with E-state index in [4.69, 9.17) is 4.74 Å². The summed E-state index contributed by atoms with van der Waals surface area (Å²) in [6.45, 7) is 8.74. The van der Waals surface area contributed by atoms with E-state index in [9.17, 15) is 4.79 Å². The van der Waals surface area contributed by atoms with E-state index in [2.05, 4.69) is 50.0 Å². The van der Waals surface area contributed by atoms with Crippen molar-refractivity contribution < 1.29 is 9.53 Å². The Morgan fingerprint density at radius 3 is 2.87 bits per heavy atom. The van der Waals surface area contributed by atoms with Gasteiger partial charge in [0.2, 0.25) is 5.88 Å². The maximum Gasteiger partial charge on any atom is 0.257 e. The predicted octanol–water partition coefficient (Wildman–Crippen LogP) is 1.53. The number of methoxy groups -OCH3 is 1. The predicted molar refractivity (Wildman–Crippen MR) is 94.1 cm³/mol. The molecule has 1 saturated heterocycles. The minimum Gasteiger partial charge on any atom is -0.480 e. The Labute approximate surface area is 146 Å². The highest BCUT2D eigenvalue weighted by atomic mass is 79.9. The molecule has 0 aromatic carbocycles. The van der Waals surface area contributed by atoms with Crippen LogP contribution in [-0.2, 0) is 0 Å². The van der Waals surface area contributed by atoms with Gasteiger partial charge < -0.3 is 19.9 Å². The number of amides is 1. The van der Waals surface area contributed by atoms with Gasteiger partial charge in [-0.05, 0) is 42.5 Å². The van der Waals surface area contributed by atoms with Gasteiger partial charge in [0.05, 0.1) is 18.8 Å². The van der Waals surface area contributed by atoms with Crippen molar-refractivity contribution in [3.63, 3.8) is 0 Å². The zero-order chi connectivity index (χ0) is 17.0. The molecule has 23 heavy (non-hydrogen) atoms. The molecule has 6 nitrogen and oxygen atoms in total. The first-order chi connectivity index (χ1) is 10.9. The quantitative estimate of drug-likeness (QED) is 0.852. The fraction of sp³-hybridized carbons (Fsp3) is 0.625. The van der Waals surface area contributed by atoms with Crippen LogP contribution in [0.4, 0.5) is 0 Å². The Kier molecular flexibility index (Phi) is 6.38. The number of hydrogen-bond donors (Lipinski definition) is 1. The van der Waals surface area contributed by atoms with Crippen LogP contribution in [0.1, 0.15) is 23.0 Å². The first kappa shape index (κ1) is 18.2. The van der Waals surface area contributed by atoms with Crippen molar-refractivity contribution in [3.8, 4) is 5.88 Å². The Bertz CT molecular complexity index is 567. The molecular weight excluding hydrogens is 360 g/mol. The molecular formula is C16H25BrN4O2. The van der Waals surface area contributed by atoms with Gasteiger partial charge in [-0.1, -0.05) is 6.92 Å². The van der Waals surface area contributed by atoms with Crippen LogP contribution in [0.2, 0.25) is 0 Å². The summed E-state index contributed by atoms with van der Waals surface area (Å²) in [5.41, 5.74) is 1.25. The lowest BCUT2D eigenvalue weighted by Crippen LogP contribution is -2.46. The van der Waals surface area contributed by atoms with Gasteiger partial charge in [-0.15, -0.1) is 0 Å². The van der Waals surface area contributed by atoms with Crippen LogP contribution in [0, 0.1) is 6.92 Å². The van der Waals surface area contributed by atoms with Crippen molar-refractivity contribution in [1.29, 1.82) is 0 Å². The number of pyridine rings is 1. The summed E-state index contributed by atoms with van der Waals surface area (Å²) < 4.78 is 6.07. The molecule has 1 aromatic heterocycles. The molecule has 0 saturated carbocycles. The summed E-state index contributed by atoms with van der Waals surface area (Å²) in [7, 11) is 3.62. The lowest BCUT2D eigenvalue weighted by atomic mass is 10.2. The highest BCUT2D eigenvalue weighted by molar-refractivity contribution is 9.10. The Morgan fingerprint density at radius 2 is 2.22 bits per heavy atom. The fourth-order valence-electron chi connectivity index (χ4n) is 2.76. The van der Waals surface area contributed by atoms with E-state index in [0.717, 1.165) is 42.9 Å². The number of ether oxygens (including phenoxy) is 1. The van der Waals surface area contributed by atoms with Crippen molar-refractivity contribution in [2.24, 2.45) is 0 Å². The van der Waals surface area contributed by atoms with Crippen molar-refractivity contribution >= 4 is 21.8 Å². The summed E-state index contributed by atoms with van der Waals surface area (Å²) in [5.74, 6) is 0.212. The molecule has 1 amide bonds. The number of carbonyl (C=O) groups excluding carboxylic acids is 1. The molecule has 0 radical (unpaired) electrons. The van der Waals surface area contributed by atoms with E-state index in [0.29, 0.717) is 11.4 Å². The fourth-order valence-corrected chi connectivity index (χ4v) is 3.08. The van der Waals surface area contributed by atoms with Crippen molar-refractivity contribution in [2.45, 2.75) is 19.9 Å². The summed E-state index contributed by atoms with van der Waals surface area (Å²) in [6.07, 6.45) is 0. The molecule has 1 atom stereocenters. The van der Waals surface area contributed by atoms with Crippen molar-refractivity contribution in [3.05, 3.63) is 21.8 Å². The van der Waals surface area contributed by atoms with Crippen LogP contribution in [0.3, 0.4) is 0 Å². The van der Waals surface area contributed by atoms with Gasteiger partial charge in [0.25, 0.3) is 5.91 Å². The van der Waals surface area contributed by atoms with E-state index in [1.165, 1.54) is 7.11 Å². The molecule has 128 valence electrons. The molecule has 7 heteroatoms. The van der Waals surface area contributed by atoms with E-state index in [1.807, 2.05) is 6.92 Å². The molecule has 0 bridgehead atoms. The average molecular weight is 385 g/mol. The third kappa shape index (κ3) is 4.65. The highest BCUT2D eigenvalue weighted by Crippen LogP contribution is 2.23. The van der Waals surface area contributed by atoms with E-state index in [-0.39, 0.29) is 11.9 Å². The smallest absolute Gasteiger partial charge is 0.257 e. The number of aromatic nitrogens is 1. The maximum atomic E-state index is 12.7. The van der Waals surface area contributed by atoms with Crippen molar-refractivity contribution in [2.75, 3.05) is 46.9 Å². The van der Waals surface area contributed by atoms with Crippen LogP contribution in [0.15, 0.2) is 10.5 Å². The SMILES string of the molecule is CCN1CCN(C)C[C@@H](NC(=O)c2cc(Br)c(C)nc2OC)C1. The van der Waals surface area contributed by atoms with Gasteiger partial charge in [0.1, 0.15) is 5.56 Å². The molecule has 1 fully saturated rings. The number of likely N-dealkylation sites (N-methyl/N-ethyl adjacent to an activating group) is 2. The number of hydrogen-bond acceptors (Lipinski definition) is 5. The number of carbonyl (C=O) groups is 1. The molecule has 1 N–H and O–H groups in total. The summed E-state index contributed by atoms with van der Waals surface area (Å²) in [4.78, 5) is 21.6. The van der Waals surface area contributed by atoms with Crippen molar-refractivity contribution in [1.82, 2.24) is 20.1 Å². The second-order valence-electron chi connectivity index (χ2n) is 5.94. The summed E-state index contributed by atoms with van der Waals surface area (Å²) >= 11 is 3.43. The second-order valence-corrected chi connectivity index (χ2v) is 6.79. The number of rotatable bonds is 4. The van der Waals surface area contributed by atoms with E-state index >= 15 is 0 Å². The number of halogens is 1. The Balaban J connectivity index is 2.15. The largest absolute Gasteiger partial charge is 0.480 e. The number of aryl methyl sites for hydroxylation is 1. The molecule has 0 spiro atoms. The highest BCUT2D eigenvalue weighted by Gasteiger charge is 2.24. The maximum absolute atomic E-state index is 12.7. The normalized spacial score (nSPS) is 20.1. The van der Waals surface area contributed by atoms with Crippen LogP contribution >= 0.6 is 15.9 Å². The Morgan fingerprint density at radius 1 is 1.48 bits per heavy atom. The topological polar surface area (TPSA) is 57.7 Å². The van der Waals surface area contributed by atoms with Gasteiger partial charge in [0, 0.05) is 30.7 Å². The molecule has 2 heterocycles. The van der Waals surface area contributed by atoms with Crippen LogP contribution in [-0.4, -0.2) is 73.6 Å². The minimum absolute atomic E-state index is 0.0831. The lowest BCUT2D eigenvalue weighted by Gasteiger charge is -2.24. The molecule has 1 aliphatic heterocycles. The zero-order valence-electron chi connectivity index (χ0n) is 14.2. The van der Waals surface area contributed by atoms with Gasteiger partial charge >= 0.3 is 0 Å². The standard InChI is InChI=1S/C16H25BrN4O2/c1-5-21-7-6-20(3)9-12(10-21)19-15(22)13-8-14(17)11(2)18-16(13)23-4/h8,12H,5-7,9-10H2,1-4H3,(H,19,22)/t12-/m1/s1. The summed E-state index contributed by atoms with van der Waals surface area (Å²) in [6, 6.07) is 1.86. The lowest BCUT2D eigenvalue weighted by molar-refractivity contribution is 0.0921. The first-order valence-electron chi connectivity index (χ1n) is 7.87.